The largest absolute Gasteiger partial charge is 0.417 e. The number of hydrogen-bond donors (Lipinski definition) is 1. The average Bonchev–Trinajstić information content (AvgIpc) is 3.04. The van der Waals surface area contributed by atoms with Crippen LogP contribution >= 0.6 is 0 Å². The van der Waals surface area contributed by atoms with Crippen LogP contribution in [0.3, 0.4) is 0 Å². The van der Waals surface area contributed by atoms with Crippen LogP contribution in [0, 0.1) is 52.3 Å². The van der Waals surface area contributed by atoms with Crippen molar-refractivity contribution in [2.45, 2.75) is 123 Å². The number of aliphatic hydroxyl groups is 1. The topological polar surface area (TPSA) is 20.2 Å². The molecule has 32 heavy (non-hydrogen) atoms. The van der Waals surface area contributed by atoms with Gasteiger partial charge in [-0.05, 0) is 110 Å². The van der Waals surface area contributed by atoms with Gasteiger partial charge in [0.1, 0.15) is 0 Å². The Labute approximate surface area is 194 Å². The van der Waals surface area contributed by atoms with Gasteiger partial charge in [-0.25, -0.2) is 0 Å². The van der Waals surface area contributed by atoms with Crippen molar-refractivity contribution in [3.63, 3.8) is 0 Å². The second-order valence-electron chi connectivity index (χ2n) is 13.4. The molecule has 4 heteroatoms. The minimum atomic E-state index is -4.50. The average molecular weight is 457 g/mol. The minimum absolute atomic E-state index is 0.0145. The molecule has 0 spiro atoms. The van der Waals surface area contributed by atoms with Gasteiger partial charge in [0.2, 0.25) is 0 Å². The van der Waals surface area contributed by atoms with Crippen molar-refractivity contribution in [3.8, 4) is 0 Å². The van der Waals surface area contributed by atoms with Gasteiger partial charge in [0.05, 0.1) is 0 Å². The molecular formula is C28H47F3O. The summed E-state index contributed by atoms with van der Waals surface area (Å²) in [5.74, 6) is 4.37. The first-order valence-electron chi connectivity index (χ1n) is 13.6. The molecular weight excluding hydrogens is 409 g/mol. The van der Waals surface area contributed by atoms with Crippen molar-refractivity contribution < 1.29 is 18.3 Å². The summed E-state index contributed by atoms with van der Waals surface area (Å²) >= 11 is 0. The Morgan fingerprint density at radius 3 is 2.19 bits per heavy atom. The summed E-state index contributed by atoms with van der Waals surface area (Å²) in [5, 5.41) is 10.4. The summed E-state index contributed by atoms with van der Waals surface area (Å²) in [6.07, 6.45) is 6.92. The van der Waals surface area contributed by atoms with E-state index in [1.54, 1.807) is 0 Å². The van der Waals surface area contributed by atoms with Crippen molar-refractivity contribution in [2.75, 3.05) is 0 Å². The molecule has 0 saturated heterocycles. The fourth-order valence-corrected chi connectivity index (χ4v) is 9.53. The van der Waals surface area contributed by atoms with Crippen molar-refractivity contribution in [1.29, 1.82) is 0 Å². The van der Waals surface area contributed by atoms with E-state index < -0.39 is 11.8 Å². The van der Waals surface area contributed by atoms with Gasteiger partial charge in [-0.15, -0.1) is 0 Å². The van der Waals surface area contributed by atoms with Crippen molar-refractivity contribution in [2.24, 2.45) is 52.3 Å². The predicted octanol–water partition coefficient (Wildman–Crippen LogP) is 8.40. The third-order valence-electron chi connectivity index (χ3n) is 11.5. The maximum absolute atomic E-state index is 13.6. The van der Waals surface area contributed by atoms with E-state index in [2.05, 4.69) is 34.6 Å². The quantitative estimate of drug-likeness (QED) is 0.440. The number of hydrogen-bond acceptors (Lipinski definition) is 1. The van der Waals surface area contributed by atoms with Gasteiger partial charge in [0, 0.05) is 0 Å². The van der Waals surface area contributed by atoms with Crippen LogP contribution in [0.4, 0.5) is 13.2 Å². The van der Waals surface area contributed by atoms with Crippen LogP contribution in [-0.2, 0) is 0 Å². The molecule has 4 fully saturated rings. The molecule has 0 amide bonds. The Morgan fingerprint density at radius 1 is 0.844 bits per heavy atom. The van der Waals surface area contributed by atoms with Gasteiger partial charge in [-0.2, -0.15) is 13.2 Å². The van der Waals surface area contributed by atoms with Crippen LogP contribution in [0.15, 0.2) is 0 Å². The van der Waals surface area contributed by atoms with Crippen LogP contribution in [0.1, 0.15) is 112 Å². The van der Waals surface area contributed by atoms with E-state index in [0.717, 1.165) is 36.5 Å². The van der Waals surface area contributed by atoms with E-state index >= 15 is 0 Å². The van der Waals surface area contributed by atoms with Crippen molar-refractivity contribution in [1.82, 2.24) is 0 Å². The molecule has 0 aromatic carbocycles. The van der Waals surface area contributed by atoms with E-state index in [0.29, 0.717) is 23.7 Å². The normalized spacial score (nSPS) is 47.6. The lowest BCUT2D eigenvalue weighted by molar-refractivity contribution is -0.290. The number of rotatable bonds is 5. The van der Waals surface area contributed by atoms with Crippen LogP contribution in [0.2, 0.25) is 0 Å². The Hall–Kier alpha value is -0.250. The molecule has 0 unspecified atom stereocenters. The molecule has 0 heterocycles. The maximum Gasteiger partial charge on any atom is 0.417 e. The van der Waals surface area contributed by atoms with Gasteiger partial charge in [-0.3, -0.25) is 0 Å². The molecule has 4 rings (SSSR count). The maximum atomic E-state index is 13.6. The highest BCUT2D eigenvalue weighted by Crippen LogP contribution is 2.69. The van der Waals surface area contributed by atoms with Gasteiger partial charge in [0.15, 0.2) is 5.60 Å². The van der Waals surface area contributed by atoms with Crippen molar-refractivity contribution >= 4 is 0 Å². The van der Waals surface area contributed by atoms with E-state index in [9.17, 15) is 18.3 Å². The summed E-state index contributed by atoms with van der Waals surface area (Å²) in [6, 6.07) is 0. The third kappa shape index (κ3) is 3.97. The monoisotopic (exact) mass is 456 g/mol. The summed E-state index contributed by atoms with van der Waals surface area (Å²) in [5.41, 5.74) is -2.07. The third-order valence-corrected chi connectivity index (χ3v) is 11.5. The van der Waals surface area contributed by atoms with Crippen molar-refractivity contribution in [3.05, 3.63) is 0 Å². The standard InChI is InChI=1S/C28H47F3O/c1-18(2)7-6-8-19(3)22-11-12-23-21-10-9-20-17-27(32,28(29,30)31)16-15-25(20,4)24(21)13-14-26(22,23)5/h18-24,32H,6-17H2,1-5H3/t19-,20+,21+,22-,23-,24+,25+,26-,27-/m1/s1. The smallest absolute Gasteiger partial charge is 0.380 e. The summed E-state index contributed by atoms with van der Waals surface area (Å²) in [7, 11) is 0. The highest BCUT2D eigenvalue weighted by molar-refractivity contribution is 5.11. The lowest BCUT2D eigenvalue weighted by Gasteiger charge is -2.62. The molecule has 4 aliphatic carbocycles. The van der Waals surface area contributed by atoms with Crippen LogP contribution in [0.25, 0.3) is 0 Å². The Kier molecular flexibility index (Phi) is 6.57. The molecule has 9 atom stereocenters. The number of fused-ring (bicyclic) bond motifs is 5. The molecule has 4 aliphatic rings. The summed E-state index contributed by atoms with van der Waals surface area (Å²) < 4.78 is 40.7. The van der Waals surface area contributed by atoms with Gasteiger partial charge in [-0.1, -0.05) is 53.9 Å². The molecule has 4 saturated carbocycles. The molecule has 0 radical (unpaired) electrons. The Morgan fingerprint density at radius 2 is 1.53 bits per heavy atom. The minimum Gasteiger partial charge on any atom is -0.380 e. The fraction of sp³-hybridized carbons (Fsp3) is 1.00. The predicted molar refractivity (Wildman–Crippen MR) is 124 cm³/mol. The van der Waals surface area contributed by atoms with E-state index in [4.69, 9.17) is 0 Å². The second-order valence-corrected chi connectivity index (χ2v) is 13.4. The number of alkyl halides is 3. The zero-order chi connectivity index (χ0) is 23.5. The molecule has 0 bridgehead atoms. The second kappa shape index (κ2) is 8.45. The van der Waals surface area contributed by atoms with Crippen LogP contribution in [-0.4, -0.2) is 16.9 Å². The van der Waals surface area contributed by atoms with E-state index in [1.165, 1.54) is 44.9 Å². The Bertz CT molecular complexity index is 674. The molecule has 186 valence electrons. The van der Waals surface area contributed by atoms with Crippen LogP contribution < -0.4 is 0 Å². The SMILES string of the molecule is CC(C)CCC[C@@H](C)[C@H]1CC[C@@H]2[C@@H]3CC[C@H]4C[C@@](O)(C(F)(F)F)CC[C@]4(C)[C@H]3CC[C@@]21C. The zero-order valence-electron chi connectivity index (χ0n) is 21.1. The highest BCUT2D eigenvalue weighted by atomic mass is 19.4. The molecule has 0 aromatic rings. The van der Waals surface area contributed by atoms with Gasteiger partial charge < -0.3 is 5.11 Å². The highest BCUT2D eigenvalue weighted by Gasteiger charge is 2.65. The van der Waals surface area contributed by atoms with E-state index in [1.807, 2.05) is 0 Å². The van der Waals surface area contributed by atoms with Gasteiger partial charge in [0.25, 0.3) is 0 Å². The number of halogens is 3. The summed E-state index contributed by atoms with van der Waals surface area (Å²) in [6.45, 7) is 12.0. The molecule has 0 aliphatic heterocycles. The summed E-state index contributed by atoms with van der Waals surface area (Å²) in [4.78, 5) is 0. The first-order chi connectivity index (χ1) is 14.8. The molecule has 1 nitrogen and oxygen atoms in total. The van der Waals surface area contributed by atoms with Gasteiger partial charge >= 0.3 is 6.18 Å². The fourth-order valence-electron chi connectivity index (χ4n) is 9.53. The lowest BCUT2D eigenvalue weighted by Crippen LogP contribution is -2.59. The molecule has 1 N–H and O–H groups in total. The molecule has 0 aromatic heterocycles. The zero-order valence-corrected chi connectivity index (χ0v) is 21.1. The Balaban J connectivity index is 1.47. The van der Waals surface area contributed by atoms with Crippen LogP contribution in [0.5, 0.6) is 0 Å². The first-order valence-corrected chi connectivity index (χ1v) is 13.6. The lowest BCUT2D eigenvalue weighted by atomic mass is 9.43. The first kappa shape index (κ1) is 24.9. The van der Waals surface area contributed by atoms with E-state index in [-0.39, 0.29) is 24.2 Å².